The van der Waals surface area contributed by atoms with Crippen molar-refractivity contribution in [3.05, 3.63) is 81.7 Å². The summed E-state index contributed by atoms with van der Waals surface area (Å²) < 4.78 is 43.4. The maximum atomic E-state index is 14.9. The number of pyridine rings is 1. The van der Waals surface area contributed by atoms with Crippen LogP contribution < -0.4 is 15.4 Å². The second kappa shape index (κ2) is 23.1. The Bertz CT molecular complexity index is 2840. The fourth-order valence-corrected chi connectivity index (χ4v) is 9.80. The smallest absolute Gasteiger partial charge is 0.411 e. The van der Waals surface area contributed by atoms with Gasteiger partial charge in [0.2, 0.25) is 0 Å². The number of aliphatic hydroxyl groups excluding tert-OH is 1. The number of fused-ring (bicyclic) bond motifs is 4. The minimum Gasteiger partial charge on any atom is -0.493 e. The lowest BCUT2D eigenvalue weighted by Crippen LogP contribution is -2.55. The number of ketones is 2. The standard InChI is InChI=1S/C48H55N7O11S3/c1-26(2)52-35-25-63-41(24-39(35)60-4)65-40-22-32(46(58)45-44-29(15-17-50-45)33-21-28(13-14-34(33)53-44)62-19-18-51-55-49)27(3)64-47(40)66-38-12-10-8-7-9-11-31-42(38)30(16-20-69(6,67)68)36(56)23-37(57)43(31)54-48(59)61-5/h7-8,13-17,21,26-27,32,35-36,38-42,47,52-53,56H,18-20,22-25H2,1-6H3,(H,54,59)/b8-7-,30-16-/t27?,32?,35?,36-,38-,39?,40?,41?,42?,47?/m0/s1. The molecule has 1 aromatic carbocycles. The Labute approximate surface area is 409 Å². The van der Waals surface area contributed by atoms with Gasteiger partial charge in [-0.2, -0.15) is 0 Å². The van der Waals surface area contributed by atoms with Crippen LogP contribution in [0.4, 0.5) is 4.79 Å². The molecule has 10 atom stereocenters. The van der Waals surface area contributed by atoms with Crippen LogP contribution >= 0.6 is 0 Å². The van der Waals surface area contributed by atoms with E-state index in [4.69, 9.17) is 61.1 Å². The summed E-state index contributed by atoms with van der Waals surface area (Å²) in [5, 5.41) is 22.9. The Morgan fingerprint density at radius 2 is 1.94 bits per heavy atom. The molecule has 21 heteroatoms. The summed E-state index contributed by atoms with van der Waals surface area (Å²) in [6, 6.07) is 7.34. The predicted octanol–water partition coefficient (Wildman–Crippen LogP) is 5.01. The number of rotatable bonds is 16. The summed E-state index contributed by atoms with van der Waals surface area (Å²) in [4.78, 5) is 52.3. The van der Waals surface area contributed by atoms with E-state index in [1.54, 1.807) is 38.6 Å². The number of hydrogen-bond donors (Lipinski definition) is 4. The van der Waals surface area contributed by atoms with Crippen molar-refractivity contribution in [1.82, 2.24) is 20.6 Å². The number of nitrogens with one attached hydrogen (secondary N) is 3. The minimum atomic E-state index is -2.00. The molecule has 2 fully saturated rings. The molecule has 2 aromatic heterocycles. The lowest BCUT2D eigenvalue weighted by atomic mass is 9.83. The van der Waals surface area contributed by atoms with Gasteiger partial charge >= 0.3 is 6.09 Å². The molecule has 1 amide bonds. The van der Waals surface area contributed by atoms with Gasteiger partial charge in [-0.25, -0.2) is 4.79 Å². The largest absolute Gasteiger partial charge is 0.493 e. The number of nitrogens with zero attached hydrogens (tertiary/aromatic N) is 4. The van der Waals surface area contributed by atoms with Gasteiger partial charge in [0, 0.05) is 64.7 Å². The molecule has 7 rings (SSSR count). The van der Waals surface area contributed by atoms with Crippen molar-refractivity contribution in [2.75, 3.05) is 46.0 Å². The number of allylic oxidation sites excluding steroid dienone is 3. The van der Waals surface area contributed by atoms with Crippen LogP contribution in [0.25, 0.3) is 32.2 Å². The van der Waals surface area contributed by atoms with Crippen LogP contribution in [0.1, 0.15) is 50.5 Å². The summed E-state index contributed by atoms with van der Waals surface area (Å²) in [5.74, 6) is 10.1. The van der Waals surface area contributed by atoms with Gasteiger partial charge in [0.1, 0.15) is 23.7 Å². The van der Waals surface area contributed by atoms with E-state index in [1.807, 2.05) is 32.0 Å². The van der Waals surface area contributed by atoms with E-state index in [1.165, 1.54) is 12.2 Å². The maximum Gasteiger partial charge on any atom is 0.411 e. The van der Waals surface area contributed by atoms with Crippen molar-refractivity contribution in [2.24, 2.45) is 17.0 Å². The van der Waals surface area contributed by atoms with Gasteiger partial charge in [-0.3, -0.25) is 19.9 Å². The molecule has 4 N–H and O–H groups in total. The zero-order valence-corrected chi connectivity index (χ0v) is 41.4. The average molecular weight is 1000 g/mol. The highest BCUT2D eigenvalue weighted by Crippen LogP contribution is 2.40. The zero-order chi connectivity index (χ0) is 49.4. The first kappa shape index (κ1) is 51.6. The number of Topliss-reactive ketones (excluding diaryl/α,β-unsaturated/α-hetero) is 2. The summed E-state index contributed by atoms with van der Waals surface area (Å²) >= 11 is 11.2. The summed E-state index contributed by atoms with van der Waals surface area (Å²) in [6.07, 6.45) is 0.487. The molecule has 8 unspecified atom stereocenters. The molecule has 2 saturated heterocycles. The van der Waals surface area contributed by atoms with Crippen LogP contribution in [0.3, 0.4) is 0 Å². The third kappa shape index (κ3) is 12.6. The molecule has 69 heavy (non-hydrogen) atoms. The minimum absolute atomic E-state index is 0.0805. The third-order valence-corrected chi connectivity index (χ3v) is 13.7. The van der Waals surface area contributed by atoms with Gasteiger partial charge in [0.25, 0.3) is 0 Å². The lowest BCUT2D eigenvalue weighted by Gasteiger charge is -2.43. The molecular weight excluding hydrogens is 947 g/mol. The number of aliphatic hydroxyl groups is 1. The van der Waals surface area contributed by atoms with Crippen LogP contribution in [0.15, 0.2) is 70.6 Å². The predicted molar refractivity (Wildman–Crippen MR) is 264 cm³/mol. The number of carbonyl (C=O) groups excluding carboxylic acids is 3. The number of hydrogen-bond acceptors (Lipinski definition) is 16. The van der Waals surface area contributed by atoms with Crippen molar-refractivity contribution in [2.45, 2.75) is 95.2 Å². The Kier molecular flexibility index (Phi) is 17.3. The molecule has 4 aliphatic rings. The first-order valence-electron chi connectivity index (χ1n) is 22.4. The van der Waals surface area contributed by atoms with Crippen molar-refractivity contribution in [1.29, 1.82) is 0 Å². The second-order valence-electron chi connectivity index (χ2n) is 17.3. The van der Waals surface area contributed by atoms with Crippen molar-refractivity contribution < 1.29 is 52.6 Å². The number of benzene rings is 1. The van der Waals surface area contributed by atoms with E-state index < -0.39 is 74.3 Å². The van der Waals surface area contributed by atoms with Crippen LogP contribution in [0.5, 0.6) is 5.75 Å². The van der Waals surface area contributed by atoms with Gasteiger partial charge in [0.15, 0.2) is 24.1 Å². The number of alkyl carbamates (subject to hydrolysis) is 1. The number of carbonyl (C=O) groups is 3. The van der Waals surface area contributed by atoms with E-state index in [0.29, 0.717) is 23.3 Å². The van der Waals surface area contributed by atoms with Gasteiger partial charge in [-0.1, -0.05) is 55.9 Å². The fourth-order valence-electron chi connectivity index (χ4n) is 8.90. The molecular formula is C48H55N7O11S3. The molecule has 0 radical (unpaired) electrons. The molecule has 3 aromatic rings. The normalized spacial score (nSPS) is 28.2. The highest BCUT2D eigenvalue weighted by molar-refractivity contribution is 8.56. The van der Waals surface area contributed by atoms with E-state index in [-0.39, 0.29) is 72.9 Å². The number of azide groups is 1. The number of aromatic nitrogens is 2. The van der Waals surface area contributed by atoms with Crippen LogP contribution in [0, 0.1) is 35.5 Å². The summed E-state index contributed by atoms with van der Waals surface area (Å²) in [6.45, 7) is 6.47. The Balaban J connectivity index is 1.27. The van der Waals surface area contributed by atoms with Crippen LogP contribution in [-0.2, 0) is 62.7 Å². The van der Waals surface area contributed by atoms with Gasteiger partial charge in [-0.15, -0.1) is 0 Å². The Hall–Kier alpha value is -5.26. The number of methoxy groups -OCH3 is 2. The molecule has 2 aliphatic carbocycles. The topological polar surface area (TPSA) is 238 Å². The van der Waals surface area contributed by atoms with Gasteiger partial charge in [0.05, 0.1) is 74.3 Å². The van der Waals surface area contributed by atoms with E-state index in [2.05, 4.69) is 54.3 Å². The SMILES string of the molecule is COC(=O)NC1=C2C#C/C=C\C#C[C@H](OC3OC(C)C(C(=O)c4nccc5c4[nH]c4ccc(OCCN=[N+]=[N-])cc45)CC3OC3CC(OC)C(NC(C)C)CO3)C2/C(=C\CS(C)(=S)=S)[C@@H](O)CC1=O. The van der Waals surface area contributed by atoms with Crippen LogP contribution in [-0.4, -0.2) is 134 Å². The van der Waals surface area contributed by atoms with Crippen molar-refractivity contribution in [3.63, 3.8) is 0 Å². The number of amides is 1. The fraction of sp³-hybridized carbons (Fsp3) is 0.500. The molecule has 2 aliphatic heterocycles. The maximum absolute atomic E-state index is 14.9. The molecule has 18 nitrogen and oxygen atoms in total. The highest BCUT2D eigenvalue weighted by atomic mass is 33.1. The molecule has 366 valence electrons. The van der Waals surface area contributed by atoms with Crippen LogP contribution in [0.2, 0.25) is 0 Å². The molecule has 4 heterocycles. The Morgan fingerprint density at radius 1 is 1.14 bits per heavy atom. The highest BCUT2D eigenvalue weighted by Gasteiger charge is 2.47. The van der Waals surface area contributed by atoms with Gasteiger partial charge in [-0.05, 0) is 89.5 Å². The van der Waals surface area contributed by atoms with Crippen molar-refractivity contribution in [3.8, 4) is 29.4 Å². The molecule has 0 spiro atoms. The third-order valence-electron chi connectivity index (χ3n) is 12.1. The van der Waals surface area contributed by atoms with E-state index >= 15 is 0 Å². The zero-order valence-electron chi connectivity index (χ0n) is 39.0. The summed E-state index contributed by atoms with van der Waals surface area (Å²) in [7, 11) is 0.796. The first-order valence-corrected chi connectivity index (χ1v) is 26.5. The lowest BCUT2D eigenvalue weighted by molar-refractivity contribution is -0.308. The first-order chi connectivity index (χ1) is 33.1. The van der Waals surface area contributed by atoms with Gasteiger partial charge < -0.3 is 48.6 Å². The van der Waals surface area contributed by atoms with E-state index in [0.717, 1.165) is 23.4 Å². The second-order valence-corrected chi connectivity index (χ2v) is 24.5. The van der Waals surface area contributed by atoms with Crippen molar-refractivity contribution >= 4 is 69.0 Å². The number of H-pyrrole nitrogens is 1. The monoisotopic (exact) mass is 1000 g/mol. The Morgan fingerprint density at radius 3 is 2.68 bits per heavy atom. The number of ether oxygens (including phenoxy) is 7. The van der Waals surface area contributed by atoms with E-state index in [9.17, 15) is 19.5 Å². The summed E-state index contributed by atoms with van der Waals surface area (Å²) in [5.41, 5.74) is 10.4. The molecule has 0 bridgehead atoms. The number of aromatic amines is 1. The molecule has 0 saturated carbocycles. The average Bonchev–Trinajstić information content (AvgIpc) is 3.69. The quantitative estimate of drug-likeness (QED) is 0.0281.